The van der Waals surface area contributed by atoms with Crippen LogP contribution in [0.3, 0.4) is 0 Å². The first-order valence-corrected chi connectivity index (χ1v) is 13.4. The minimum atomic E-state index is -0.153. The minimum Gasteiger partial charge on any atom is -0.427 e. The van der Waals surface area contributed by atoms with Gasteiger partial charge in [0.25, 0.3) is 0 Å². The molecule has 0 saturated heterocycles. The molecule has 1 aromatic heterocycles. The van der Waals surface area contributed by atoms with Gasteiger partial charge in [0.1, 0.15) is 5.75 Å². The number of rotatable bonds is 14. The summed E-state index contributed by atoms with van der Waals surface area (Å²) in [6, 6.07) is 7.59. The lowest BCUT2D eigenvalue weighted by atomic mass is 9.84. The van der Waals surface area contributed by atoms with Crippen LogP contribution in [0.2, 0.25) is 0 Å². The van der Waals surface area contributed by atoms with Crippen LogP contribution in [0, 0.1) is 5.92 Å². The van der Waals surface area contributed by atoms with Crippen molar-refractivity contribution in [2.45, 2.75) is 110 Å². The second-order valence-corrected chi connectivity index (χ2v) is 9.64. The third-order valence-corrected chi connectivity index (χ3v) is 6.80. The molecule has 1 aliphatic carbocycles. The van der Waals surface area contributed by atoms with E-state index in [-0.39, 0.29) is 5.97 Å². The number of carbonyl (C=O) groups is 1. The molecule has 1 heterocycles. The van der Waals surface area contributed by atoms with Gasteiger partial charge in [0, 0.05) is 23.9 Å². The van der Waals surface area contributed by atoms with Crippen LogP contribution in [-0.2, 0) is 17.6 Å². The Morgan fingerprint density at radius 2 is 1.64 bits per heavy atom. The van der Waals surface area contributed by atoms with E-state index >= 15 is 0 Å². The van der Waals surface area contributed by atoms with E-state index in [1.807, 2.05) is 30.5 Å². The van der Waals surface area contributed by atoms with Crippen molar-refractivity contribution in [3.63, 3.8) is 0 Å². The van der Waals surface area contributed by atoms with E-state index in [4.69, 9.17) is 9.72 Å². The topological polar surface area (TPSA) is 52.1 Å². The van der Waals surface area contributed by atoms with Gasteiger partial charge in [-0.25, -0.2) is 9.97 Å². The molecule has 0 amide bonds. The second-order valence-electron chi connectivity index (χ2n) is 9.64. The van der Waals surface area contributed by atoms with Crippen molar-refractivity contribution >= 4 is 5.97 Å². The molecule has 1 unspecified atom stereocenters. The summed E-state index contributed by atoms with van der Waals surface area (Å²) in [4.78, 5) is 21.5. The van der Waals surface area contributed by atoms with Crippen molar-refractivity contribution in [1.29, 1.82) is 0 Å². The highest BCUT2D eigenvalue weighted by Gasteiger charge is 2.20. The molecule has 180 valence electrons. The molecule has 0 bridgehead atoms. The van der Waals surface area contributed by atoms with Crippen LogP contribution in [0.4, 0.5) is 0 Å². The van der Waals surface area contributed by atoms with Gasteiger partial charge in [0.15, 0.2) is 5.82 Å². The number of fused-ring (bicyclic) bond motifs is 1. The number of hydrogen-bond donors (Lipinski definition) is 0. The average Bonchev–Trinajstić information content (AvgIpc) is 2.84. The van der Waals surface area contributed by atoms with Crippen LogP contribution < -0.4 is 4.74 Å². The molecular weight excluding hydrogens is 408 g/mol. The molecule has 1 aliphatic rings. The smallest absolute Gasteiger partial charge is 0.311 e. The first-order chi connectivity index (χ1) is 16.2. The zero-order valence-corrected chi connectivity index (χ0v) is 20.8. The quantitative estimate of drug-likeness (QED) is 0.167. The summed E-state index contributed by atoms with van der Waals surface area (Å²) in [6.45, 7) is 4.44. The molecule has 3 rings (SSSR count). The van der Waals surface area contributed by atoms with E-state index < -0.39 is 0 Å². The number of unbranched alkanes of at least 4 members (excludes halogenated alkanes) is 8. The lowest BCUT2D eigenvalue weighted by Gasteiger charge is -2.24. The van der Waals surface area contributed by atoms with Crippen molar-refractivity contribution in [2.75, 3.05) is 0 Å². The van der Waals surface area contributed by atoms with Gasteiger partial charge >= 0.3 is 5.97 Å². The molecule has 0 aliphatic heterocycles. The van der Waals surface area contributed by atoms with Crippen LogP contribution in [-0.4, -0.2) is 15.9 Å². The molecular formula is C29H42N2O2. The van der Waals surface area contributed by atoms with Gasteiger partial charge in [0.2, 0.25) is 0 Å². The fraction of sp³-hybridized carbons (Fsp3) is 0.621. The molecule has 33 heavy (non-hydrogen) atoms. The minimum absolute atomic E-state index is 0.153. The van der Waals surface area contributed by atoms with Crippen molar-refractivity contribution in [1.82, 2.24) is 9.97 Å². The molecule has 1 aromatic carbocycles. The zero-order valence-electron chi connectivity index (χ0n) is 20.8. The molecule has 0 fully saturated rings. The van der Waals surface area contributed by atoms with E-state index in [2.05, 4.69) is 18.8 Å². The molecule has 0 spiro atoms. The molecule has 2 aromatic rings. The Bertz CT molecular complexity index is 847. The van der Waals surface area contributed by atoms with Crippen LogP contribution in [0.1, 0.15) is 109 Å². The number of nitrogens with zero attached hydrogens (tertiary/aromatic N) is 2. The zero-order chi connectivity index (χ0) is 23.3. The summed E-state index contributed by atoms with van der Waals surface area (Å²) in [5.74, 6) is 1.99. The SMILES string of the molecule is CCCCCCCCC1CCc2nc(-c3ccc(OC(=O)CCCCCC)cc3)ncc2C1. The van der Waals surface area contributed by atoms with Crippen molar-refractivity contribution in [3.8, 4) is 17.1 Å². The largest absolute Gasteiger partial charge is 0.427 e. The Morgan fingerprint density at radius 3 is 2.39 bits per heavy atom. The molecule has 1 atom stereocenters. The Hall–Kier alpha value is -2.23. The number of ether oxygens (including phenoxy) is 1. The van der Waals surface area contributed by atoms with Gasteiger partial charge in [-0.15, -0.1) is 0 Å². The van der Waals surface area contributed by atoms with Crippen molar-refractivity contribution < 1.29 is 9.53 Å². The maximum absolute atomic E-state index is 12.0. The predicted octanol–water partition coefficient (Wildman–Crippen LogP) is 7.87. The molecule has 0 saturated carbocycles. The molecule has 0 N–H and O–H groups in total. The third-order valence-electron chi connectivity index (χ3n) is 6.80. The van der Waals surface area contributed by atoms with Crippen LogP contribution in [0.25, 0.3) is 11.4 Å². The lowest BCUT2D eigenvalue weighted by molar-refractivity contribution is -0.134. The number of benzene rings is 1. The number of carbonyl (C=O) groups excluding carboxylic acids is 1. The van der Waals surface area contributed by atoms with E-state index in [0.717, 1.165) is 43.0 Å². The highest BCUT2D eigenvalue weighted by molar-refractivity contribution is 5.72. The maximum Gasteiger partial charge on any atom is 0.311 e. The Labute approximate surface area is 200 Å². The van der Waals surface area contributed by atoms with E-state index in [1.54, 1.807) is 0 Å². The fourth-order valence-electron chi connectivity index (χ4n) is 4.73. The number of aryl methyl sites for hydroxylation is 1. The standard InChI is InChI=1S/C29H42N2O2/c1-3-5-7-9-10-11-13-23-15-20-27-25(21-23)22-30-29(31-27)24-16-18-26(19-17-24)33-28(32)14-12-8-6-4-2/h16-19,22-23H,3-15,20-21H2,1-2H3. The van der Waals surface area contributed by atoms with E-state index in [1.165, 1.54) is 75.5 Å². The number of esters is 1. The highest BCUT2D eigenvalue weighted by atomic mass is 16.5. The predicted molar refractivity (Wildman–Crippen MR) is 135 cm³/mol. The molecule has 0 radical (unpaired) electrons. The number of aromatic nitrogens is 2. The Balaban J connectivity index is 1.47. The second kappa shape index (κ2) is 14.1. The highest BCUT2D eigenvalue weighted by Crippen LogP contribution is 2.29. The average molecular weight is 451 g/mol. The third kappa shape index (κ3) is 8.57. The molecule has 4 nitrogen and oxygen atoms in total. The van der Waals surface area contributed by atoms with Gasteiger partial charge < -0.3 is 4.74 Å². The first-order valence-electron chi connectivity index (χ1n) is 13.4. The summed E-state index contributed by atoms with van der Waals surface area (Å²) >= 11 is 0. The van der Waals surface area contributed by atoms with Crippen molar-refractivity contribution in [3.05, 3.63) is 41.7 Å². The summed E-state index contributed by atoms with van der Waals surface area (Å²) < 4.78 is 5.47. The Kier molecular flexibility index (Phi) is 10.9. The molecule has 4 heteroatoms. The van der Waals surface area contributed by atoms with Gasteiger partial charge in [-0.1, -0.05) is 78.1 Å². The van der Waals surface area contributed by atoms with Gasteiger partial charge in [-0.3, -0.25) is 4.79 Å². The first kappa shape index (κ1) is 25.4. The van der Waals surface area contributed by atoms with Crippen LogP contribution in [0.15, 0.2) is 30.5 Å². The van der Waals surface area contributed by atoms with Crippen LogP contribution >= 0.6 is 0 Å². The van der Waals surface area contributed by atoms with Gasteiger partial charge in [0.05, 0.1) is 0 Å². The maximum atomic E-state index is 12.0. The lowest BCUT2D eigenvalue weighted by Crippen LogP contribution is -2.16. The fourth-order valence-corrected chi connectivity index (χ4v) is 4.73. The van der Waals surface area contributed by atoms with E-state index in [9.17, 15) is 4.79 Å². The van der Waals surface area contributed by atoms with Gasteiger partial charge in [-0.2, -0.15) is 0 Å². The normalized spacial score (nSPS) is 15.3. The summed E-state index contributed by atoms with van der Waals surface area (Å²) in [6.07, 6.45) is 19.8. The summed E-state index contributed by atoms with van der Waals surface area (Å²) in [5, 5.41) is 0. The summed E-state index contributed by atoms with van der Waals surface area (Å²) in [7, 11) is 0. The van der Waals surface area contributed by atoms with Crippen molar-refractivity contribution in [2.24, 2.45) is 5.92 Å². The van der Waals surface area contributed by atoms with Crippen LogP contribution in [0.5, 0.6) is 5.75 Å². The van der Waals surface area contributed by atoms with E-state index in [0.29, 0.717) is 12.2 Å². The Morgan fingerprint density at radius 1 is 0.939 bits per heavy atom. The summed E-state index contributed by atoms with van der Waals surface area (Å²) in [5.41, 5.74) is 3.51. The monoisotopic (exact) mass is 450 g/mol. The number of hydrogen-bond acceptors (Lipinski definition) is 4. The van der Waals surface area contributed by atoms with Gasteiger partial charge in [-0.05, 0) is 61.4 Å².